The fraction of sp³-hybridized carbons (Fsp3) is 0.500. The summed E-state index contributed by atoms with van der Waals surface area (Å²) in [7, 11) is 0. The summed E-state index contributed by atoms with van der Waals surface area (Å²) in [6.45, 7) is 6.88. The van der Waals surface area contributed by atoms with Gasteiger partial charge in [-0.2, -0.15) is 0 Å². The van der Waals surface area contributed by atoms with Crippen LogP contribution >= 0.6 is 0 Å². The van der Waals surface area contributed by atoms with E-state index in [1.54, 1.807) is 0 Å². The molecule has 1 aliphatic rings. The molecule has 92 valence electrons. The monoisotopic (exact) mass is 234 g/mol. The Hall–Kier alpha value is -1.51. The predicted molar refractivity (Wildman–Crippen MR) is 65.7 cm³/mol. The zero-order valence-corrected chi connectivity index (χ0v) is 10.6. The number of fused-ring (bicyclic) bond motifs is 1. The van der Waals surface area contributed by atoms with Gasteiger partial charge in [0.15, 0.2) is 0 Å². The van der Waals surface area contributed by atoms with Crippen molar-refractivity contribution in [2.45, 2.75) is 33.6 Å². The molecule has 0 aromatic heterocycles. The maximum Gasteiger partial charge on any atom is 0.342 e. The highest BCUT2D eigenvalue weighted by molar-refractivity contribution is 5.95. The predicted octanol–water partition coefficient (Wildman–Crippen LogP) is 2.81. The average molecular weight is 234 g/mol. The summed E-state index contributed by atoms with van der Waals surface area (Å²) in [5.74, 6) is 0.468. The summed E-state index contributed by atoms with van der Waals surface area (Å²) >= 11 is 0. The molecule has 0 saturated heterocycles. The molecule has 0 atom stereocenters. The molecule has 3 nitrogen and oxygen atoms in total. The average Bonchev–Trinajstić information content (AvgIpc) is 2.29. The number of hydrogen-bond donors (Lipinski definition) is 0. The Morgan fingerprint density at radius 2 is 2.18 bits per heavy atom. The Balaban J connectivity index is 2.54. The third-order valence-corrected chi connectivity index (χ3v) is 3.10. The number of carbonyl (C=O) groups excluding carboxylic acids is 1. The van der Waals surface area contributed by atoms with E-state index in [0.717, 1.165) is 29.7 Å². The quantitative estimate of drug-likeness (QED) is 0.738. The minimum Gasteiger partial charge on any atom is -0.492 e. The van der Waals surface area contributed by atoms with Gasteiger partial charge in [0.1, 0.15) is 11.3 Å². The molecule has 0 bridgehead atoms. The Morgan fingerprint density at radius 3 is 2.88 bits per heavy atom. The van der Waals surface area contributed by atoms with Gasteiger partial charge in [0.25, 0.3) is 0 Å². The topological polar surface area (TPSA) is 35.5 Å². The van der Waals surface area contributed by atoms with Gasteiger partial charge in [-0.05, 0) is 50.3 Å². The molecule has 0 fully saturated rings. The standard InChI is InChI=1S/C14H18O3/c1-4-16-14(15)12-10(3)8-9(2)11-6-5-7-17-13(11)12/h8H,4-7H2,1-3H3. The van der Waals surface area contributed by atoms with E-state index in [1.165, 1.54) is 5.56 Å². The van der Waals surface area contributed by atoms with Crippen molar-refractivity contribution in [1.82, 2.24) is 0 Å². The van der Waals surface area contributed by atoms with Crippen molar-refractivity contribution >= 4 is 5.97 Å². The van der Waals surface area contributed by atoms with Crippen molar-refractivity contribution in [3.8, 4) is 5.75 Å². The molecule has 1 aromatic rings. The van der Waals surface area contributed by atoms with Crippen LogP contribution in [0.1, 0.15) is 40.4 Å². The first-order chi connectivity index (χ1) is 8.15. The van der Waals surface area contributed by atoms with Crippen molar-refractivity contribution in [1.29, 1.82) is 0 Å². The lowest BCUT2D eigenvalue weighted by atomic mass is 9.94. The first-order valence-corrected chi connectivity index (χ1v) is 6.08. The number of benzene rings is 1. The summed E-state index contributed by atoms with van der Waals surface area (Å²) < 4.78 is 10.8. The van der Waals surface area contributed by atoms with Crippen molar-refractivity contribution in [3.63, 3.8) is 0 Å². The van der Waals surface area contributed by atoms with Gasteiger partial charge in [0.05, 0.1) is 13.2 Å². The van der Waals surface area contributed by atoms with Crippen LogP contribution in [-0.2, 0) is 11.2 Å². The van der Waals surface area contributed by atoms with Gasteiger partial charge in [-0.25, -0.2) is 4.79 Å². The van der Waals surface area contributed by atoms with Gasteiger partial charge in [0, 0.05) is 0 Å². The summed E-state index contributed by atoms with van der Waals surface area (Å²) in [4.78, 5) is 11.9. The Labute approximate surface area is 102 Å². The fourth-order valence-corrected chi connectivity index (χ4v) is 2.34. The molecule has 1 heterocycles. The second-order valence-corrected chi connectivity index (χ2v) is 4.37. The molecule has 2 rings (SSSR count). The van der Waals surface area contributed by atoms with Gasteiger partial charge in [-0.3, -0.25) is 0 Å². The second-order valence-electron chi connectivity index (χ2n) is 4.37. The highest BCUT2D eigenvalue weighted by Gasteiger charge is 2.24. The first kappa shape index (κ1) is 12.0. The fourth-order valence-electron chi connectivity index (χ4n) is 2.34. The molecule has 0 unspecified atom stereocenters. The molecule has 0 N–H and O–H groups in total. The number of carbonyl (C=O) groups is 1. The van der Waals surface area contributed by atoms with E-state index in [2.05, 4.69) is 6.92 Å². The van der Waals surface area contributed by atoms with Crippen LogP contribution in [0, 0.1) is 13.8 Å². The van der Waals surface area contributed by atoms with Crippen LogP contribution in [0.4, 0.5) is 0 Å². The third-order valence-electron chi connectivity index (χ3n) is 3.10. The Kier molecular flexibility index (Phi) is 3.36. The number of aryl methyl sites for hydroxylation is 2. The van der Waals surface area contributed by atoms with Crippen LogP contribution < -0.4 is 4.74 Å². The molecular formula is C14H18O3. The summed E-state index contributed by atoms with van der Waals surface area (Å²) in [5, 5.41) is 0. The van der Waals surface area contributed by atoms with Gasteiger partial charge in [-0.1, -0.05) is 6.07 Å². The summed E-state index contributed by atoms with van der Waals surface area (Å²) in [6, 6.07) is 2.04. The van der Waals surface area contributed by atoms with Crippen LogP contribution in [0.2, 0.25) is 0 Å². The van der Waals surface area contributed by atoms with E-state index >= 15 is 0 Å². The SMILES string of the molecule is CCOC(=O)c1c(C)cc(C)c2c1OCCC2. The molecular weight excluding hydrogens is 216 g/mol. The van der Waals surface area contributed by atoms with Crippen molar-refractivity contribution in [3.05, 3.63) is 28.3 Å². The van der Waals surface area contributed by atoms with Gasteiger partial charge in [0.2, 0.25) is 0 Å². The maximum atomic E-state index is 11.9. The molecule has 0 aliphatic carbocycles. The molecule has 1 aromatic carbocycles. The zero-order valence-electron chi connectivity index (χ0n) is 10.6. The van der Waals surface area contributed by atoms with E-state index in [9.17, 15) is 4.79 Å². The molecule has 0 amide bonds. The Morgan fingerprint density at radius 1 is 1.41 bits per heavy atom. The lowest BCUT2D eigenvalue weighted by Gasteiger charge is -2.23. The second kappa shape index (κ2) is 4.78. The zero-order chi connectivity index (χ0) is 12.4. The van der Waals surface area contributed by atoms with Crippen LogP contribution in [-0.4, -0.2) is 19.2 Å². The van der Waals surface area contributed by atoms with E-state index < -0.39 is 0 Å². The van der Waals surface area contributed by atoms with Gasteiger partial charge >= 0.3 is 5.97 Å². The summed E-state index contributed by atoms with van der Waals surface area (Å²) in [6.07, 6.45) is 1.99. The van der Waals surface area contributed by atoms with E-state index in [1.807, 2.05) is 19.9 Å². The lowest BCUT2D eigenvalue weighted by Crippen LogP contribution is -2.17. The molecule has 0 saturated carbocycles. The smallest absolute Gasteiger partial charge is 0.342 e. The molecule has 0 radical (unpaired) electrons. The normalized spacial score (nSPS) is 13.8. The van der Waals surface area contributed by atoms with Crippen LogP contribution in [0.15, 0.2) is 6.07 Å². The maximum absolute atomic E-state index is 11.9. The minimum atomic E-state index is -0.275. The third kappa shape index (κ3) is 2.14. The van der Waals surface area contributed by atoms with E-state index in [0.29, 0.717) is 18.8 Å². The van der Waals surface area contributed by atoms with E-state index in [4.69, 9.17) is 9.47 Å². The molecule has 1 aliphatic heterocycles. The number of esters is 1. The largest absolute Gasteiger partial charge is 0.492 e. The van der Waals surface area contributed by atoms with E-state index in [-0.39, 0.29) is 5.97 Å². The van der Waals surface area contributed by atoms with Crippen LogP contribution in [0.5, 0.6) is 5.75 Å². The number of hydrogen-bond acceptors (Lipinski definition) is 3. The lowest BCUT2D eigenvalue weighted by molar-refractivity contribution is 0.0519. The highest BCUT2D eigenvalue weighted by Crippen LogP contribution is 2.34. The molecule has 3 heteroatoms. The van der Waals surface area contributed by atoms with Gasteiger partial charge in [-0.15, -0.1) is 0 Å². The Bertz CT molecular complexity index is 449. The summed E-state index contributed by atoms with van der Waals surface area (Å²) in [5.41, 5.74) is 3.89. The molecule has 0 spiro atoms. The number of ether oxygens (including phenoxy) is 2. The van der Waals surface area contributed by atoms with Crippen molar-refractivity contribution in [2.75, 3.05) is 13.2 Å². The van der Waals surface area contributed by atoms with Crippen molar-refractivity contribution in [2.24, 2.45) is 0 Å². The first-order valence-electron chi connectivity index (χ1n) is 6.08. The molecule has 17 heavy (non-hydrogen) atoms. The van der Waals surface area contributed by atoms with Crippen LogP contribution in [0.3, 0.4) is 0 Å². The minimum absolute atomic E-state index is 0.275. The van der Waals surface area contributed by atoms with Crippen LogP contribution in [0.25, 0.3) is 0 Å². The van der Waals surface area contributed by atoms with Crippen molar-refractivity contribution < 1.29 is 14.3 Å². The highest BCUT2D eigenvalue weighted by atomic mass is 16.5. The van der Waals surface area contributed by atoms with Gasteiger partial charge < -0.3 is 9.47 Å². The number of rotatable bonds is 2.